The van der Waals surface area contributed by atoms with Gasteiger partial charge in [-0.15, -0.1) is 0 Å². The van der Waals surface area contributed by atoms with Crippen LogP contribution in [0, 0.1) is 17.8 Å². The van der Waals surface area contributed by atoms with E-state index in [2.05, 4.69) is 34.4 Å². The summed E-state index contributed by atoms with van der Waals surface area (Å²) in [5, 5.41) is 5.99. The van der Waals surface area contributed by atoms with Gasteiger partial charge in [-0.1, -0.05) is 26.7 Å². The Morgan fingerprint density at radius 2 is 1.96 bits per heavy atom. The third-order valence-electron chi connectivity index (χ3n) is 5.83. The zero-order valence-electron chi connectivity index (χ0n) is 16.0. The zero-order chi connectivity index (χ0) is 18.7. The molecule has 3 rings (SSSR count). The van der Waals surface area contributed by atoms with Crippen LogP contribution in [0.3, 0.4) is 0 Å². The van der Waals surface area contributed by atoms with E-state index in [1.807, 2.05) is 0 Å². The molecule has 0 radical (unpaired) electrons. The van der Waals surface area contributed by atoms with E-state index in [4.69, 9.17) is 0 Å². The fourth-order valence-electron chi connectivity index (χ4n) is 4.28. The molecule has 1 aliphatic carbocycles. The lowest BCUT2D eigenvalue weighted by Gasteiger charge is -2.24. The molecule has 1 aromatic heterocycles. The largest absolute Gasteiger partial charge is 0.355 e. The predicted molar refractivity (Wildman–Crippen MR) is 102 cm³/mol. The second-order valence-electron chi connectivity index (χ2n) is 7.86. The molecule has 0 bridgehead atoms. The molecule has 2 N–H and O–H groups in total. The molecule has 1 aliphatic heterocycles. The summed E-state index contributed by atoms with van der Waals surface area (Å²) in [5.41, 5.74) is 0.584. The number of hydrogen-bond donors (Lipinski definition) is 2. The fraction of sp³-hybridized carbons (Fsp3) is 0.650. The van der Waals surface area contributed by atoms with Crippen LogP contribution < -0.4 is 15.5 Å². The number of carbonyl (C=O) groups excluding carboxylic acids is 2. The van der Waals surface area contributed by atoms with Gasteiger partial charge in [-0.2, -0.15) is 0 Å². The molecule has 2 heterocycles. The number of rotatable bonds is 5. The maximum atomic E-state index is 12.6. The second-order valence-corrected chi connectivity index (χ2v) is 7.86. The van der Waals surface area contributed by atoms with Crippen molar-refractivity contribution in [1.29, 1.82) is 0 Å². The SMILES string of the molecule is CNC(=O)c1cccnc1N1C[C@H](NC(=O)C2CCCC2)[C@@H](C(C)C)C1. The lowest BCUT2D eigenvalue weighted by atomic mass is 9.91. The monoisotopic (exact) mass is 358 g/mol. The number of hydrogen-bond acceptors (Lipinski definition) is 4. The van der Waals surface area contributed by atoms with Crippen molar-refractivity contribution >= 4 is 17.6 Å². The minimum absolute atomic E-state index is 0.0997. The van der Waals surface area contributed by atoms with Crippen molar-refractivity contribution in [3.05, 3.63) is 23.9 Å². The summed E-state index contributed by atoms with van der Waals surface area (Å²) in [4.78, 5) is 31.4. The average molecular weight is 358 g/mol. The highest BCUT2D eigenvalue weighted by atomic mass is 16.2. The van der Waals surface area contributed by atoms with Gasteiger partial charge in [0.15, 0.2) is 0 Å². The van der Waals surface area contributed by atoms with E-state index in [9.17, 15) is 9.59 Å². The van der Waals surface area contributed by atoms with Crippen LogP contribution in [0.1, 0.15) is 49.9 Å². The van der Waals surface area contributed by atoms with Gasteiger partial charge in [0.05, 0.1) is 11.6 Å². The minimum atomic E-state index is -0.132. The third-order valence-corrected chi connectivity index (χ3v) is 5.83. The third kappa shape index (κ3) is 3.84. The highest BCUT2D eigenvalue weighted by molar-refractivity contribution is 5.98. The normalized spacial score (nSPS) is 23.5. The van der Waals surface area contributed by atoms with Crippen LogP contribution in [0.5, 0.6) is 0 Å². The summed E-state index contributed by atoms with van der Waals surface area (Å²) in [6, 6.07) is 3.68. The van der Waals surface area contributed by atoms with Crippen molar-refractivity contribution in [3.8, 4) is 0 Å². The Labute approximate surface area is 155 Å². The van der Waals surface area contributed by atoms with Gasteiger partial charge >= 0.3 is 0 Å². The summed E-state index contributed by atoms with van der Waals surface area (Å²) in [6.07, 6.45) is 6.06. The molecule has 6 nitrogen and oxygen atoms in total. The van der Waals surface area contributed by atoms with Crippen LogP contribution in [0.4, 0.5) is 5.82 Å². The van der Waals surface area contributed by atoms with Crippen molar-refractivity contribution in [3.63, 3.8) is 0 Å². The van der Waals surface area contributed by atoms with Gasteiger partial charge in [-0.05, 0) is 30.9 Å². The van der Waals surface area contributed by atoms with Crippen LogP contribution in [-0.2, 0) is 4.79 Å². The van der Waals surface area contributed by atoms with Crippen LogP contribution in [-0.4, -0.2) is 43.0 Å². The van der Waals surface area contributed by atoms with E-state index in [0.29, 0.717) is 29.8 Å². The minimum Gasteiger partial charge on any atom is -0.355 e. The van der Waals surface area contributed by atoms with E-state index >= 15 is 0 Å². The molecule has 0 aromatic carbocycles. The summed E-state index contributed by atoms with van der Waals surface area (Å²) < 4.78 is 0. The number of nitrogens with zero attached hydrogens (tertiary/aromatic N) is 2. The first kappa shape index (κ1) is 18.7. The van der Waals surface area contributed by atoms with Crippen molar-refractivity contribution in [2.24, 2.45) is 17.8 Å². The lowest BCUT2D eigenvalue weighted by molar-refractivity contribution is -0.125. The molecular formula is C20H30N4O2. The Kier molecular flexibility index (Phi) is 5.79. The summed E-state index contributed by atoms with van der Waals surface area (Å²) in [5.74, 6) is 1.74. The number of aromatic nitrogens is 1. The van der Waals surface area contributed by atoms with Gasteiger partial charge in [0.2, 0.25) is 5.91 Å². The molecule has 0 spiro atoms. The Morgan fingerprint density at radius 3 is 2.62 bits per heavy atom. The van der Waals surface area contributed by atoms with Crippen molar-refractivity contribution in [1.82, 2.24) is 15.6 Å². The maximum Gasteiger partial charge on any atom is 0.254 e. The van der Waals surface area contributed by atoms with Crippen molar-refractivity contribution in [2.45, 2.75) is 45.6 Å². The molecule has 2 atom stereocenters. The van der Waals surface area contributed by atoms with E-state index in [1.54, 1.807) is 25.4 Å². The summed E-state index contributed by atoms with van der Waals surface area (Å²) >= 11 is 0. The molecule has 2 aliphatic rings. The standard InChI is InChI=1S/C20H30N4O2/c1-13(2)16-11-24(18-15(20(26)21-3)9-6-10-22-18)12-17(16)23-19(25)14-7-4-5-8-14/h6,9-10,13-14,16-17H,4-5,7-8,11-12H2,1-3H3,(H,21,26)(H,23,25)/t16-,17+/m1/s1. The molecule has 1 saturated carbocycles. The van der Waals surface area contributed by atoms with Gasteiger partial charge in [0, 0.05) is 38.2 Å². The Balaban J connectivity index is 1.77. The van der Waals surface area contributed by atoms with E-state index in [-0.39, 0.29) is 23.8 Å². The Morgan fingerprint density at radius 1 is 1.23 bits per heavy atom. The zero-order valence-corrected chi connectivity index (χ0v) is 16.0. The summed E-state index contributed by atoms with van der Waals surface area (Å²) in [7, 11) is 1.63. The van der Waals surface area contributed by atoms with Gasteiger partial charge in [-0.3, -0.25) is 9.59 Å². The van der Waals surface area contributed by atoms with Gasteiger partial charge < -0.3 is 15.5 Å². The van der Waals surface area contributed by atoms with Crippen LogP contribution in [0.25, 0.3) is 0 Å². The molecule has 26 heavy (non-hydrogen) atoms. The first-order valence-corrected chi connectivity index (χ1v) is 9.73. The topological polar surface area (TPSA) is 74.3 Å². The predicted octanol–water partition coefficient (Wildman–Crippen LogP) is 2.21. The van der Waals surface area contributed by atoms with Gasteiger partial charge in [0.1, 0.15) is 5.82 Å². The molecule has 1 saturated heterocycles. The molecule has 2 amide bonds. The van der Waals surface area contributed by atoms with Crippen molar-refractivity contribution in [2.75, 3.05) is 25.0 Å². The van der Waals surface area contributed by atoms with Crippen LogP contribution >= 0.6 is 0 Å². The quantitative estimate of drug-likeness (QED) is 0.846. The first-order valence-electron chi connectivity index (χ1n) is 9.73. The number of nitrogens with one attached hydrogen (secondary N) is 2. The molecule has 0 unspecified atom stereocenters. The molecular weight excluding hydrogens is 328 g/mol. The smallest absolute Gasteiger partial charge is 0.254 e. The summed E-state index contributed by atoms with van der Waals surface area (Å²) in [6.45, 7) is 5.89. The van der Waals surface area contributed by atoms with Gasteiger partial charge in [0.25, 0.3) is 5.91 Å². The fourth-order valence-corrected chi connectivity index (χ4v) is 4.28. The Hall–Kier alpha value is -2.11. The molecule has 6 heteroatoms. The lowest BCUT2D eigenvalue weighted by Crippen LogP contribution is -2.44. The molecule has 142 valence electrons. The van der Waals surface area contributed by atoms with Crippen LogP contribution in [0.2, 0.25) is 0 Å². The molecule has 2 fully saturated rings. The van der Waals surface area contributed by atoms with Crippen LogP contribution in [0.15, 0.2) is 18.3 Å². The first-order chi connectivity index (χ1) is 12.5. The van der Waals surface area contributed by atoms with E-state index in [0.717, 1.165) is 32.2 Å². The molecule has 1 aromatic rings. The van der Waals surface area contributed by atoms with E-state index in [1.165, 1.54) is 0 Å². The number of amides is 2. The maximum absolute atomic E-state index is 12.6. The van der Waals surface area contributed by atoms with Gasteiger partial charge in [-0.25, -0.2) is 4.98 Å². The second kappa shape index (κ2) is 8.06. The number of pyridine rings is 1. The number of carbonyl (C=O) groups is 2. The highest BCUT2D eigenvalue weighted by Crippen LogP contribution is 2.31. The number of anilines is 1. The average Bonchev–Trinajstić information content (AvgIpc) is 3.31. The van der Waals surface area contributed by atoms with Crippen molar-refractivity contribution < 1.29 is 9.59 Å². The Bertz CT molecular complexity index is 655. The highest BCUT2D eigenvalue weighted by Gasteiger charge is 2.38. The van der Waals surface area contributed by atoms with E-state index < -0.39 is 0 Å².